The van der Waals surface area contributed by atoms with E-state index in [0.29, 0.717) is 24.2 Å². The number of carbonyl (C=O) groups excluding carboxylic acids is 1. The molecule has 1 aromatic carbocycles. The van der Waals surface area contributed by atoms with E-state index in [0.717, 1.165) is 22.9 Å². The largest absolute Gasteiger partial charge is 0.334 e. The monoisotopic (exact) mass is 319 g/mol. The Morgan fingerprint density at radius 3 is 2.75 bits per heavy atom. The first-order valence-electron chi connectivity index (χ1n) is 7.96. The molecule has 0 spiro atoms. The van der Waals surface area contributed by atoms with Crippen LogP contribution >= 0.6 is 0 Å². The Bertz CT molecular complexity index is 993. The van der Waals surface area contributed by atoms with E-state index in [2.05, 4.69) is 16.0 Å². The van der Waals surface area contributed by atoms with Gasteiger partial charge in [-0.2, -0.15) is 0 Å². The number of carbonyl (C=O) groups is 1. The van der Waals surface area contributed by atoms with Crippen molar-refractivity contribution in [3.63, 3.8) is 0 Å². The summed E-state index contributed by atoms with van der Waals surface area (Å²) in [5.74, 6) is 0.0144. The van der Waals surface area contributed by atoms with E-state index < -0.39 is 0 Å². The molecule has 24 heavy (non-hydrogen) atoms. The van der Waals surface area contributed by atoms with Crippen LogP contribution in [0.25, 0.3) is 10.9 Å². The van der Waals surface area contributed by atoms with E-state index >= 15 is 0 Å². The molecule has 2 aromatic heterocycles. The highest BCUT2D eigenvalue weighted by Gasteiger charge is 2.22. The Hall–Kier alpha value is -2.95. The third-order valence-electron chi connectivity index (χ3n) is 4.58. The SMILES string of the molecule is Cc1cc2cc3c(cc2[nH]c1=O)CN(C(=O)c1ccncc1)CC3. The van der Waals surface area contributed by atoms with Crippen molar-refractivity contribution >= 4 is 16.8 Å². The second-order valence-corrected chi connectivity index (χ2v) is 6.20. The van der Waals surface area contributed by atoms with Gasteiger partial charge in [-0.05, 0) is 60.2 Å². The summed E-state index contributed by atoms with van der Waals surface area (Å²) in [6, 6.07) is 9.51. The van der Waals surface area contributed by atoms with Crippen LogP contribution in [0, 0.1) is 6.92 Å². The molecular formula is C19H17N3O2. The molecule has 3 heterocycles. The first-order valence-corrected chi connectivity index (χ1v) is 7.96. The predicted molar refractivity (Wildman–Crippen MR) is 92.0 cm³/mol. The number of fused-ring (bicyclic) bond motifs is 2. The lowest BCUT2D eigenvalue weighted by Gasteiger charge is -2.29. The third kappa shape index (κ3) is 2.48. The number of H-pyrrole nitrogens is 1. The summed E-state index contributed by atoms with van der Waals surface area (Å²) < 4.78 is 0. The fourth-order valence-corrected chi connectivity index (χ4v) is 3.23. The molecule has 5 heteroatoms. The van der Waals surface area contributed by atoms with Gasteiger partial charge in [0.1, 0.15) is 0 Å². The van der Waals surface area contributed by atoms with Crippen LogP contribution in [0.3, 0.4) is 0 Å². The Balaban J connectivity index is 1.69. The van der Waals surface area contributed by atoms with Gasteiger partial charge in [-0.15, -0.1) is 0 Å². The lowest BCUT2D eigenvalue weighted by molar-refractivity contribution is 0.0734. The first kappa shape index (κ1) is 14.6. The van der Waals surface area contributed by atoms with Gasteiger partial charge in [0.2, 0.25) is 0 Å². The number of pyridine rings is 2. The molecule has 1 amide bonds. The quantitative estimate of drug-likeness (QED) is 0.749. The Labute approximate surface area is 139 Å². The van der Waals surface area contributed by atoms with E-state index in [1.165, 1.54) is 5.56 Å². The molecule has 3 aromatic rings. The minimum atomic E-state index is -0.0667. The highest BCUT2D eigenvalue weighted by molar-refractivity contribution is 5.94. The highest BCUT2D eigenvalue weighted by atomic mass is 16.2. The Morgan fingerprint density at radius 2 is 1.96 bits per heavy atom. The van der Waals surface area contributed by atoms with Gasteiger partial charge in [-0.3, -0.25) is 14.6 Å². The number of aromatic nitrogens is 2. The zero-order chi connectivity index (χ0) is 16.7. The minimum absolute atomic E-state index is 0.0144. The molecule has 0 fully saturated rings. The molecule has 0 saturated carbocycles. The number of nitrogens with zero attached hydrogens (tertiary/aromatic N) is 2. The molecule has 0 unspecified atom stereocenters. The van der Waals surface area contributed by atoms with Crippen LogP contribution in [0.4, 0.5) is 0 Å². The molecule has 120 valence electrons. The van der Waals surface area contributed by atoms with Crippen molar-refractivity contribution in [3.8, 4) is 0 Å². The molecule has 0 aliphatic carbocycles. The predicted octanol–water partition coefficient (Wildman–Crippen LogP) is 2.43. The number of amides is 1. The van der Waals surface area contributed by atoms with E-state index in [1.54, 1.807) is 24.5 Å². The van der Waals surface area contributed by atoms with Crippen LogP contribution < -0.4 is 5.56 Å². The molecule has 0 saturated heterocycles. The minimum Gasteiger partial charge on any atom is -0.334 e. The van der Waals surface area contributed by atoms with Crippen molar-refractivity contribution in [2.45, 2.75) is 19.9 Å². The van der Waals surface area contributed by atoms with Crippen molar-refractivity contribution in [2.24, 2.45) is 0 Å². The Morgan fingerprint density at radius 1 is 1.17 bits per heavy atom. The summed E-state index contributed by atoms with van der Waals surface area (Å²) in [6.45, 7) is 3.07. The summed E-state index contributed by atoms with van der Waals surface area (Å²) in [5, 5.41) is 1.04. The van der Waals surface area contributed by atoms with Gasteiger partial charge in [0.25, 0.3) is 11.5 Å². The Kier molecular flexibility index (Phi) is 3.41. The normalized spacial score (nSPS) is 13.8. The highest BCUT2D eigenvalue weighted by Crippen LogP contribution is 2.25. The summed E-state index contributed by atoms with van der Waals surface area (Å²) in [4.78, 5) is 33.2. The standard InChI is InChI=1S/C19H17N3O2/c1-12-8-15-9-14-4-7-22(19(24)13-2-5-20-6-3-13)11-16(14)10-17(15)21-18(12)23/h2-3,5-6,8-10H,4,7,11H2,1H3,(H,21,23). The lowest BCUT2D eigenvalue weighted by Crippen LogP contribution is -2.36. The lowest BCUT2D eigenvalue weighted by atomic mass is 9.96. The van der Waals surface area contributed by atoms with Gasteiger partial charge in [0.15, 0.2) is 0 Å². The average Bonchev–Trinajstić information content (AvgIpc) is 2.61. The average molecular weight is 319 g/mol. The van der Waals surface area contributed by atoms with E-state index in [-0.39, 0.29) is 11.5 Å². The topological polar surface area (TPSA) is 66.1 Å². The van der Waals surface area contributed by atoms with Crippen LogP contribution in [-0.2, 0) is 13.0 Å². The van der Waals surface area contributed by atoms with Gasteiger partial charge in [0.05, 0.1) is 0 Å². The van der Waals surface area contributed by atoms with Crippen molar-refractivity contribution in [1.82, 2.24) is 14.9 Å². The fourth-order valence-electron chi connectivity index (χ4n) is 3.23. The molecule has 0 atom stereocenters. The number of aryl methyl sites for hydroxylation is 1. The maximum atomic E-state index is 12.6. The second-order valence-electron chi connectivity index (χ2n) is 6.20. The molecule has 1 N–H and O–H groups in total. The van der Waals surface area contributed by atoms with Crippen LogP contribution in [0.5, 0.6) is 0 Å². The number of nitrogens with one attached hydrogen (secondary N) is 1. The first-order chi connectivity index (χ1) is 11.6. The van der Waals surface area contributed by atoms with Crippen LogP contribution in [0.2, 0.25) is 0 Å². The molecule has 5 nitrogen and oxygen atoms in total. The number of benzene rings is 1. The van der Waals surface area contributed by atoms with Crippen molar-refractivity contribution in [3.05, 3.63) is 75.3 Å². The summed E-state index contributed by atoms with van der Waals surface area (Å²) in [7, 11) is 0. The van der Waals surface area contributed by atoms with Crippen molar-refractivity contribution in [2.75, 3.05) is 6.54 Å². The number of hydrogen-bond donors (Lipinski definition) is 1. The van der Waals surface area contributed by atoms with Gasteiger partial charge < -0.3 is 9.88 Å². The van der Waals surface area contributed by atoms with Gasteiger partial charge >= 0.3 is 0 Å². The van der Waals surface area contributed by atoms with Gasteiger partial charge in [0, 0.05) is 42.1 Å². The zero-order valence-corrected chi connectivity index (χ0v) is 13.4. The van der Waals surface area contributed by atoms with E-state index in [9.17, 15) is 9.59 Å². The van der Waals surface area contributed by atoms with E-state index in [4.69, 9.17) is 0 Å². The molecule has 0 radical (unpaired) electrons. The second kappa shape index (κ2) is 5.60. The smallest absolute Gasteiger partial charge is 0.254 e. The van der Waals surface area contributed by atoms with E-state index in [1.807, 2.05) is 24.0 Å². The number of hydrogen-bond acceptors (Lipinski definition) is 3. The molecule has 0 bridgehead atoms. The molecule has 4 rings (SSSR count). The third-order valence-corrected chi connectivity index (χ3v) is 4.58. The summed E-state index contributed by atoms with van der Waals surface area (Å²) in [6.07, 6.45) is 4.08. The number of aromatic amines is 1. The maximum absolute atomic E-state index is 12.6. The zero-order valence-electron chi connectivity index (χ0n) is 13.4. The van der Waals surface area contributed by atoms with Crippen LogP contribution in [0.1, 0.15) is 27.0 Å². The van der Waals surface area contributed by atoms with Crippen LogP contribution in [0.15, 0.2) is 47.5 Å². The van der Waals surface area contributed by atoms with Gasteiger partial charge in [-0.1, -0.05) is 0 Å². The summed E-state index contributed by atoms with van der Waals surface area (Å²) in [5.41, 5.74) is 4.46. The maximum Gasteiger partial charge on any atom is 0.254 e. The molecule has 1 aliphatic heterocycles. The fraction of sp³-hybridized carbons (Fsp3) is 0.211. The summed E-state index contributed by atoms with van der Waals surface area (Å²) >= 11 is 0. The number of rotatable bonds is 1. The van der Waals surface area contributed by atoms with Crippen LogP contribution in [-0.4, -0.2) is 27.3 Å². The molecule has 1 aliphatic rings. The molecular weight excluding hydrogens is 302 g/mol. The van der Waals surface area contributed by atoms with Crippen molar-refractivity contribution in [1.29, 1.82) is 0 Å². The van der Waals surface area contributed by atoms with Crippen molar-refractivity contribution < 1.29 is 4.79 Å². The van der Waals surface area contributed by atoms with Gasteiger partial charge in [-0.25, -0.2) is 0 Å².